The maximum Gasteiger partial charge on any atom is 0.573 e. The van der Waals surface area contributed by atoms with Crippen LogP contribution in [-0.2, 0) is 6.61 Å². The van der Waals surface area contributed by atoms with Gasteiger partial charge in [0.15, 0.2) is 5.82 Å². The summed E-state index contributed by atoms with van der Waals surface area (Å²) in [6.07, 6.45) is -4.77. The van der Waals surface area contributed by atoms with Gasteiger partial charge in [-0.2, -0.15) is 5.10 Å². The predicted octanol–water partition coefficient (Wildman–Crippen LogP) is 5.69. The third-order valence-corrected chi connectivity index (χ3v) is 4.65. The molecule has 2 amide bonds. The van der Waals surface area contributed by atoms with E-state index in [9.17, 15) is 18.0 Å². The lowest BCUT2D eigenvalue weighted by Crippen LogP contribution is -2.19. The van der Waals surface area contributed by atoms with Crippen molar-refractivity contribution in [3.05, 3.63) is 72.3 Å². The molecule has 3 aromatic carbocycles. The van der Waals surface area contributed by atoms with E-state index in [-0.39, 0.29) is 18.2 Å². The number of anilines is 2. The second kappa shape index (κ2) is 9.61. The molecule has 3 N–H and O–H groups in total. The number of hydrogen-bond donors (Lipinski definition) is 3. The van der Waals surface area contributed by atoms with Crippen molar-refractivity contribution in [1.82, 2.24) is 10.2 Å². The number of urea groups is 1. The zero-order valence-electron chi connectivity index (χ0n) is 17.8. The number of amides is 2. The van der Waals surface area contributed by atoms with Crippen LogP contribution in [0.2, 0.25) is 0 Å². The van der Waals surface area contributed by atoms with Crippen LogP contribution in [0.3, 0.4) is 0 Å². The van der Waals surface area contributed by atoms with Crippen LogP contribution in [0.5, 0.6) is 17.2 Å². The topological polar surface area (TPSA) is 97.5 Å². The summed E-state index contributed by atoms with van der Waals surface area (Å²) >= 11 is 0. The number of hydrogen-bond acceptors (Lipinski definition) is 5. The maximum absolute atomic E-state index is 12.4. The van der Waals surface area contributed by atoms with Crippen molar-refractivity contribution in [3.63, 3.8) is 0 Å². The molecule has 8 nitrogen and oxygen atoms in total. The molecule has 0 aliphatic carbocycles. The molecule has 0 atom stereocenters. The van der Waals surface area contributed by atoms with Gasteiger partial charge in [0.25, 0.3) is 0 Å². The second-order valence-corrected chi connectivity index (χ2v) is 7.07. The first-order valence-corrected chi connectivity index (χ1v) is 9.97. The molecular formula is C23H19F3N4O4. The summed E-state index contributed by atoms with van der Waals surface area (Å²) in [6, 6.07) is 16.9. The van der Waals surface area contributed by atoms with Crippen molar-refractivity contribution in [1.29, 1.82) is 0 Å². The van der Waals surface area contributed by atoms with Crippen LogP contribution >= 0.6 is 0 Å². The van der Waals surface area contributed by atoms with E-state index in [1.165, 1.54) is 18.2 Å². The van der Waals surface area contributed by atoms with Gasteiger partial charge in [-0.25, -0.2) is 4.79 Å². The summed E-state index contributed by atoms with van der Waals surface area (Å²) < 4.78 is 52.0. The van der Waals surface area contributed by atoms with Crippen molar-refractivity contribution in [2.75, 3.05) is 17.7 Å². The highest BCUT2D eigenvalue weighted by molar-refractivity contribution is 6.04. The Kier molecular flexibility index (Phi) is 6.44. The third kappa shape index (κ3) is 5.88. The Morgan fingerprint density at radius 2 is 1.74 bits per heavy atom. The zero-order chi connectivity index (χ0) is 24.1. The highest BCUT2D eigenvalue weighted by Gasteiger charge is 2.31. The maximum atomic E-state index is 12.4. The van der Waals surface area contributed by atoms with Crippen molar-refractivity contribution in [2.45, 2.75) is 13.0 Å². The number of methoxy groups -OCH3 is 1. The average Bonchev–Trinajstić information content (AvgIpc) is 3.19. The standard InChI is InChI=1S/C23H19F3N4O4/c1-32-16-7-5-15(6-8-16)27-22(31)28-21-19-12-17(9-10-20(19)29-30-21)33-13-14-3-2-4-18(11-14)34-23(24,25)26/h2-12H,13H2,1H3,(H3,27,28,29,30,31). The smallest absolute Gasteiger partial charge is 0.497 e. The van der Waals surface area contributed by atoms with Crippen molar-refractivity contribution in [3.8, 4) is 17.2 Å². The van der Waals surface area contributed by atoms with Gasteiger partial charge in [0.2, 0.25) is 0 Å². The molecule has 4 rings (SSSR count). The quantitative estimate of drug-likeness (QED) is 0.321. The molecule has 1 aromatic heterocycles. The number of carbonyl (C=O) groups excluding carboxylic acids is 1. The number of rotatable bonds is 7. The van der Waals surface area contributed by atoms with Gasteiger partial charge in [-0.1, -0.05) is 12.1 Å². The molecule has 0 aliphatic heterocycles. The van der Waals surface area contributed by atoms with E-state index in [1.54, 1.807) is 55.6 Å². The number of aromatic nitrogens is 2. The van der Waals surface area contributed by atoms with Crippen LogP contribution in [0.4, 0.5) is 29.5 Å². The Morgan fingerprint density at radius 1 is 0.971 bits per heavy atom. The van der Waals surface area contributed by atoms with Crippen LogP contribution < -0.4 is 24.8 Å². The van der Waals surface area contributed by atoms with Gasteiger partial charge in [-0.3, -0.25) is 10.4 Å². The first-order chi connectivity index (χ1) is 16.3. The highest BCUT2D eigenvalue weighted by Crippen LogP contribution is 2.27. The minimum atomic E-state index is -4.77. The number of ether oxygens (including phenoxy) is 3. The molecule has 0 fully saturated rings. The van der Waals surface area contributed by atoms with Gasteiger partial charge in [0.1, 0.15) is 23.9 Å². The van der Waals surface area contributed by atoms with E-state index in [1.807, 2.05) is 0 Å². The van der Waals surface area contributed by atoms with Crippen LogP contribution in [0.1, 0.15) is 5.56 Å². The van der Waals surface area contributed by atoms with Gasteiger partial charge >= 0.3 is 12.4 Å². The van der Waals surface area contributed by atoms with Crippen LogP contribution in [0.25, 0.3) is 10.9 Å². The number of nitrogens with zero attached hydrogens (tertiary/aromatic N) is 1. The molecule has 0 unspecified atom stereocenters. The fourth-order valence-electron chi connectivity index (χ4n) is 3.12. The van der Waals surface area contributed by atoms with Gasteiger partial charge < -0.3 is 19.5 Å². The molecule has 0 aliphatic rings. The van der Waals surface area contributed by atoms with E-state index in [4.69, 9.17) is 9.47 Å². The number of benzene rings is 3. The summed E-state index contributed by atoms with van der Waals surface area (Å²) in [5.41, 5.74) is 1.72. The van der Waals surface area contributed by atoms with Gasteiger partial charge in [0, 0.05) is 11.1 Å². The number of fused-ring (bicyclic) bond motifs is 1. The predicted molar refractivity (Wildman–Crippen MR) is 119 cm³/mol. The monoisotopic (exact) mass is 472 g/mol. The number of alkyl halides is 3. The Bertz CT molecular complexity index is 1290. The summed E-state index contributed by atoms with van der Waals surface area (Å²) in [7, 11) is 1.55. The van der Waals surface area contributed by atoms with E-state index < -0.39 is 12.4 Å². The fraction of sp³-hybridized carbons (Fsp3) is 0.130. The summed E-state index contributed by atoms with van der Waals surface area (Å²) in [5.74, 6) is 1.06. The Hall–Kier alpha value is -4.41. The van der Waals surface area contributed by atoms with Crippen molar-refractivity contribution in [2.24, 2.45) is 0 Å². The molecule has 0 spiro atoms. The Balaban J connectivity index is 1.42. The van der Waals surface area contributed by atoms with Crippen LogP contribution in [0, 0.1) is 0 Å². The molecule has 0 saturated heterocycles. The lowest BCUT2D eigenvalue weighted by atomic mass is 10.2. The summed E-state index contributed by atoms with van der Waals surface area (Å²) in [5, 5.41) is 12.9. The van der Waals surface area contributed by atoms with Crippen LogP contribution in [0.15, 0.2) is 66.7 Å². The average molecular weight is 472 g/mol. The molecule has 4 aromatic rings. The van der Waals surface area contributed by atoms with Crippen molar-refractivity contribution >= 4 is 28.4 Å². The SMILES string of the molecule is COc1ccc(NC(=O)Nc2n[nH]c3ccc(OCc4cccc(OC(F)(F)F)c4)cc23)cc1. The van der Waals surface area contributed by atoms with E-state index >= 15 is 0 Å². The largest absolute Gasteiger partial charge is 0.573 e. The molecule has 0 radical (unpaired) electrons. The van der Waals surface area contributed by atoms with Gasteiger partial charge in [-0.05, 0) is 60.2 Å². The zero-order valence-corrected chi connectivity index (χ0v) is 17.8. The Morgan fingerprint density at radius 3 is 2.47 bits per heavy atom. The van der Waals surface area contributed by atoms with E-state index in [2.05, 4.69) is 25.6 Å². The van der Waals surface area contributed by atoms with E-state index in [0.717, 1.165) is 0 Å². The lowest BCUT2D eigenvalue weighted by molar-refractivity contribution is -0.274. The van der Waals surface area contributed by atoms with Crippen molar-refractivity contribution < 1.29 is 32.2 Å². The van der Waals surface area contributed by atoms with E-state index in [0.29, 0.717) is 33.7 Å². The minimum absolute atomic E-state index is 0.0130. The number of nitrogens with one attached hydrogen (secondary N) is 3. The molecule has 176 valence electrons. The van der Waals surface area contributed by atoms with Gasteiger partial charge in [0.05, 0.1) is 12.6 Å². The van der Waals surface area contributed by atoms with Crippen LogP contribution in [-0.4, -0.2) is 29.7 Å². The molecular weight excluding hydrogens is 453 g/mol. The number of carbonyl (C=O) groups is 1. The molecule has 11 heteroatoms. The fourth-order valence-corrected chi connectivity index (χ4v) is 3.12. The first kappa shape index (κ1) is 22.8. The first-order valence-electron chi connectivity index (χ1n) is 9.97. The summed E-state index contributed by atoms with van der Waals surface area (Å²) in [6.45, 7) is 0.0130. The minimum Gasteiger partial charge on any atom is -0.497 e. The number of halogens is 3. The molecule has 34 heavy (non-hydrogen) atoms. The molecule has 0 saturated carbocycles. The third-order valence-electron chi connectivity index (χ3n) is 4.65. The highest BCUT2D eigenvalue weighted by atomic mass is 19.4. The lowest BCUT2D eigenvalue weighted by Gasteiger charge is -2.11. The molecule has 1 heterocycles. The second-order valence-electron chi connectivity index (χ2n) is 7.07. The number of H-pyrrole nitrogens is 1. The Labute approximate surface area is 191 Å². The summed E-state index contributed by atoms with van der Waals surface area (Å²) in [4.78, 5) is 12.4. The van der Waals surface area contributed by atoms with Gasteiger partial charge in [-0.15, -0.1) is 13.2 Å². The molecule has 0 bridgehead atoms. The normalized spacial score (nSPS) is 11.2. The number of aromatic amines is 1.